The maximum atomic E-state index is 6.23. The fourth-order valence-corrected chi connectivity index (χ4v) is 2.48. The number of aliphatic imine (C=N–C) groups is 1. The van der Waals surface area contributed by atoms with Crippen LogP contribution in [-0.4, -0.2) is 12.9 Å². The lowest BCUT2D eigenvalue weighted by Gasteiger charge is -2.06. The number of ether oxygens (including phenoxy) is 1. The molecule has 0 amide bonds. The molecule has 0 fully saturated rings. The van der Waals surface area contributed by atoms with E-state index in [-0.39, 0.29) is 0 Å². The summed E-state index contributed by atoms with van der Waals surface area (Å²) in [6.45, 7) is 0. The summed E-state index contributed by atoms with van der Waals surface area (Å²) in [7, 11) is 1.66. The maximum absolute atomic E-state index is 6.23. The Morgan fingerprint density at radius 3 is 2.24 bits per heavy atom. The highest BCUT2D eigenvalue weighted by Gasteiger charge is 2.03. The third kappa shape index (κ3) is 4.36. The molecule has 2 N–H and O–H groups in total. The molecule has 0 aliphatic heterocycles. The van der Waals surface area contributed by atoms with Crippen molar-refractivity contribution in [3.63, 3.8) is 0 Å². The summed E-state index contributed by atoms with van der Waals surface area (Å²) in [4.78, 5) is 4.51. The first-order valence-corrected chi connectivity index (χ1v) is 8.07. The molecule has 0 saturated heterocycles. The molecular weight excluding hydrogens is 308 g/mol. The predicted octanol–water partition coefficient (Wildman–Crippen LogP) is 4.90. The summed E-state index contributed by atoms with van der Waals surface area (Å²) >= 11 is 0. The van der Waals surface area contributed by atoms with Crippen molar-refractivity contribution in [3.8, 4) is 5.75 Å². The van der Waals surface area contributed by atoms with E-state index in [9.17, 15) is 0 Å². The summed E-state index contributed by atoms with van der Waals surface area (Å²) in [5, 5.41) is 0. The smallest absolute Gasteiger partial charge is 0.131 e. The first-order chi connectivity index (χ1) is 12.3. The first kappa shape index (κ1) is 16.5. The van der Waals surface area contributed by atoms with Gasteiger partial charge >= 0.3 is 0 Å². The van der Waals surface area contributed by atoms with E-state index < -0.39 is 0 Å². The molecule has 0 saturated carbocycles. The average Bonchev–Trinajstić information content (AvgIpc) is 2.68. The second kappa shape index (κ2) is 7.97. The molecule has 25 heavy (non-hydrogen) atoms. The zero-order valence-electron chi connectivity index (χ0n) is 14.1. The third-order valence-corrected chi connectivity index (χ3v) is 3.81. The highest BCUT2D eigenvalue weighted by Crippen LogP contribution is 2.18. The third-order valence-electron chi connectivity index (χ3n) is 3.81. The standard InChI is InChI=1S/C22H20N2O/c1-25-20-15-12-17(13-16-20)11-14-18-7-5-6-10-21(18)22(23)24-19-8-3-2-4-9-19/h2-16H,1H3,(H2,23,24). The van der Waals surface area contributed by atoms with Gasteiger partial charge in [0.1, 0.15) is 11.6 Å². The Labute approximate surface area is 148 Å². The highest BCUT2D eigenvalue weighted by molar-refractivity contribution is 6.02. The second-order valence-electron chi connectivity index (χ2n) is 5.53. The Morgan fingerprint density at radius 2 is 1.52 bits per heavy atom. The molecule has 0 aliphatic carbocycles. The molecule has 0 bridgehead atoms. The van der Waals surface area contributed by atoms with Crippen LogP contribution in [-0.2, 0) is 0 Å². The van der Waals surface area contributed by atoms with Crippen molar-refractivity contribution in [2.75, 3.05) is 7.11 Å². The molecule has 3 aromatic rings. The number of benzene rings is 3. The van der Waals surface area contributed by atoms with E-state index >= 15 is 0 Å². The van der Waals surface area contributed by atoms with E-state index in [1.165, 1.54) is 0 Å². The molecule has 0 radical (unpaired) electrons. The van der Waals surface area contributed by atoms with Gasteiger partial charge in [-0.1, -0.05) is 66.7 Å². The zero-order chi connectivity index (χ0) is 17.5. The van der Waals surface area contributed by atoms with Gasteiger partial charge in [0.25, 0.3) is 0 Å². The number of methoxy groups -OCH3 is 1. The first-order valence-electron chi connectivity index (χ1n) is 8.07. The summed E-state index contributed by atoms with van der Waals surface area (Å²) in [6, 6.07) is 25.6. The monoisotopic (exact) mass is 328 g/mol. The fourth-order valence-electron chi connectivity index (χ4n) is 2.48. The number of nitrogens with zero attached hydrogens (tertiary/aromatic N) is 1. The van der Waals surface area contributed by atoms with Crippen LogP contribution in [0.5, 0.6) is 5.75 Å². The number of hydrogen-bond donors (Lipinski definition) is 1. The van der Waals surface area contributed by atoms with Crippen LogP contribution in [0.1, 0.15) is 16.7 Å². The van der Waals surface area contributed by atoms with Gasteiger partial charge < -0.3 is 10.5 Å². The molecule has 0 aliphatic rings. The van der Waals surface area contributed by atoms with Crippen molar-refractivity contribution in [1.29, 1.82) is 0 Å². The summed E-state index contributed by atoms with van der Waals surface area (Å²) in [5.41, 5.74) is 10.1. The molecule has 3 rings (SSSR count). The van der Waals surface area contributed by atoms with E-state index in [1.807, 2.05) is 91.0 Å². The lowest BCUT2D eigenvalue weighted by Crippen LogP contribution is -2.14. The van der Waals surface area contributed by atoms with Crippen molar-refractivity contribution in [2.24, 2.45) is 10.7 Å². The molecule has 0 unspecified atom stereocenters. The van der Waals surface area contributed by atoms with Crippen LogP contribution < -0.4 is 10.5 Å². The van der Waals surface area contributed by atoms with Gasteiger partial charge in [-0.2, -0.15) is 0 Å². The molecule has 0 spiro atoms. The van der Waals surface area contributed by atoms with Crippen molar-refractivity contribution < 1.29 is 4.74 Å². The molecule has 124 valence electrons. The largest absolute Gasteiger partial charge is 0.497 e. The lowest BCUT2D eigenvalue weighted by molar-refractivity contribution is 0.415. The van der Waals surface area contributed by atoms with Crippen LogP contribution in [0, 0.1) is 0 Å². The predicted molar refractivity (Wildman–Crippen MR) is 105 cm³/mol. The van der Waals surface area contributed by atoms with Crippen molar-refractivity contribution in [3.05, 3.63) is 95.6 Å². The molecule has 0 heterocycles. The van der Waals surface area contributed by atoms with Crippen molar-refractivity contribution in [1.82, 2.24) is 0 Å². The Hall–Kier alpha value is -3.33. The van der Waals surface area contributed by atoms with Crippen LogP contribution in [0.25, 0.3) is 12.2 Å². The SMILES string of the molecule is COc1ccc(C=Cc2ccccc2C(N)=Nc2ccccc2)cc1. The van der Waals surface area contributed by atoms with E-state index in [0.29, 0.717) is 5.84 Å². The Kier molecular flexibility index (Phi) is 5.27. The summed E-state index contributed by atoms with van der Waals surface area (Å²) in [6.07, 6.45) is 4.10. The molecule has 3 heteroatoms. The lowest BCUT2D eigenvalue weighted by atomic mass is 10.0. The number of amidine groups is 1. The molecule has 3 nitrogen and oxygen atoms in total. The number of rotatable bonds is 5. The normalized spacial score (nSPS) is 11.6. The minimum Gasteiger partial charge on any atom is -0.497 e. The Balaban J connectivity index is 1.87. The van der Waals surface area contributed by atoms with Crippen molar-refractivity contribution >= 4 is 23.7 Å². The quantitative estimate of drug-likeness (QED) is 0.411. The maximum Gasteiger partial charge on any atom is 0.131 e. The molecular formula is C22H20N2O. The topological polar surface area (TPSA) is 47.6 Å². The van der Waals surface area contributed by atoms with Crippen LogP contribution in [0.2, 0.25) is 0 Å². The number of nitrogens with two attached hydrogens (primary N) is 1. The van der Waals surface area contributed by atoms with E-state index in [4.69, 9.17) is 10.5 Å². The number of para-hydroxylation sites is 1. The van der Waals surface area contributed by atoms with Gasteiger partial charge in [-0.3, -0.25) is 0 Å². The Morgan fingerprint density at radius 1 is 0.840 bits per heavy atom. The second-order valence-corrected chi connectivity index (χ2v) is 5.53. The van der Waals surface area contributed by atoms with E-state index in [1.54, 1.807) is 7.11 Å². The van der Waals surface area contributed by atoms with Crippen LogP contribution in [0.4, 0.5) is 5.69 Å². The zero-order valence-corrected chi connectivity index (χ0v) is 14.1. The average molecular weight is 328 g/mol. The Bertz CT molecular complexity index is 881. The van der Waals surface area contributed by atoms with Gasteiger partial charge in [-0.15, -0.1) is 0 Å². The highest BCUT2D eigenvalue weighted by atomic mass is 16.5. The fraction of sp³-hybridized carbons (Fsp3) is 0.0455. The number of hydrogen-bond acceptors (Lipinski definition) is 2. The molecule has 3 aromatic carbocycles. The summed E-state index contributed by atoms with van der Waals surface area (Å²) < 4.78 is 5.18. The molecule has 0 aromatic heterocycles. The van der Waals surface area contributed by atoms with Gasteiger partial charge in [0.15, 0.2) is 0 Å². The van der Waals surface area contributed by atoms with Gasteiger partial charge in [0.05, 0.1) is 12.8 Å². The minimum absolute atomic E-state index is 0.501. The van der Waals surface area contributed by atoms with Crippen LogP contribution in [0.3, 0.4) is 0 Å². The van der Waals surface area contributed by atoms with Gasteiger partial charge in [0.2, 0.25) is 0 Å². The van der Waals surface area contributed by atoms with E-state index in [2.05, 4.69) is 4.99 Å². The van der Waals surface area contributed by atoms with Gasteiger partial charge in [-0.05, 0) is 35.4 Å². The summed E-state index contributed by atoms with van der Waals surface area (Å²) in [5.74, 6) is 1.35. The van der Waals surface area contributed by atoms with Crippen molar-refractivity contribution in [2.45, 2.75) is 0 Å². The van der Waals surface area contributed by atoms with Gasteiger partial charge in [0, 0.05) is 5.56 Å². The van der Waals surface area contributed by atoms with Crippen LogP contribution in [0.15, 0.2) is 83.9 Å². The minimum atomic E-state index is 0.501. The molecule has 0 atom stereocenters. The van der Waals surface area contributed by atoms with E-state index in [0.717, 1.165) is 28.1 Å². The van der Waals surface area contributed by atoms with Gasteiger partial charge in [-0.25, -0.2) is 4.99 Å². The van der Waals surface area contributed by atoms with Crippen LogP contribution >= 0.6 is 0 Å².